The van der Waals surface area contributed by atoms with Gasteiger partial charge in [0, 0.05) is 38.3 Å². The van der Waals surface area contributed by atoms with Crippen molar-refractivity contribution < 1.29 is 14.6 Å². The summed E-state index contributed by atoms with van der Waals surface area (Å²) in [5.41, 5.74) is 2.02. The van der Waals surface area contributed by atoms with E-state index in [0.717, 1.165) is 78.4 Å². The Balaban J connectivity index is 1.24. The zero-order valence-corrected chi connectivity index (χ0v) is 21.7. The van der Waals surface area contributed by atoms with Crippen molar-refractivity contribution in [2.45, 2.75) is 80.5 Å². The van der Waals surface area contributed by atoms with Crippen molar-refractivity contribution in [2.75, 3.05) is 43.2 Å². The summed E-state index contributed by atoms with van der Waals surface area (Å²) in [5.74, 6) is 2.55. The molecule has 0 bridgehead atoms. The van der Waals surface area contributed by atoms with Crippen molar-refractivity contribution in [1.82, 2.24) is 15.0 Å². The summed E-state index contributed by atoms with van der Waals surface area (Å²) >= 11 is 1.55. The van der Waals surface area contributed by atoms with E-state index in [0.29, 0.717) is 23.8 Å². The Kier molecular flexibility index (Phi) is 5.85. The molecule has 35 heavy (non-hydrogen) atoms. The van der Waals surface area contributed by atoms with E-state index in [1.54, 1.807) is 11.8 Å². The van der Waals surface area contributed by atoms with Gasteiger partial charge in [0.15, 0.2) is 17.4 Å². The summed E-state index contributed by atoms with van der Waals surface area (Å²) in [6.07, 6.45) is 8.95. The van der Waals surface area contributed by atoms with Crippen LogP contribution in [0.2, 0.25) is 0 Å². The van der Waals surface area contributed by atoms with Gasteiger partial charge < -0.3 is 24.4 Å². The lowest BCUT2D eigenvalue weighted by molar-refractivity contribution is 0.0975. The van der Waals surface area contributed by atoms with Crippen molar-refractivity contribution in [3.63, 3.8) is 0 Å². The van der Waals surface area contributed by atoms with E-state index >= 15 is 0 Å². The molecule has 0 aromatic carbocycles. The first kappa shape index (κ1) is 23.3. The summed E-state index contributed by atoms with van der Waals surface area (Å²) in [5, 5.41) is 11.0. The third-order valence-corrected chi connectivity index (χ3v) is 9.59. The number of ether oxygens (including phenoxy) is 2. The van der Waals surface area contributed by atoms with E-state index in [1.807, 2.05) is 19.2 Å². The highest BCUT2D eigenvalue weighted by atomic mass is 32.2. The molecule has 9 heteroatoms. The minimum atomic E-state index is -0.131. The molecule has 2 saturated heterocycles. The number of hydrogen-bond acceptors (Lipinski definition) is 9. The molecule has 2 aromatic rings. The predicted octanol–water partition coefficient (Wildman–Crippen LogP) is 3.97. The van der Waals surface area contributed by atoms with Gasteiger partial charge in [0.25, 0.3) is 0 Å². The second kappa shape index (κ2) is 8.78. The molecule has 0 radical (unpaired) electrons. The van der Waals surface area contributed by atoms with Gasteiger partial charge in [-0.3, -0.25) is 0 Å². The van der Waals surface area contributed by atoms with Gasteiger partial charge in [-0.25, -0.2) is 15.0 Å². The van der Waals surface area contributed by atoms with Crippen molar-refractivity contribution in [3.8, 4) is 5.75 Å². The average molecular weight is 498 g/mol. The molecular weight excluding hydrogens is 462 g/mol. The molecule has 2 spiro atoms. The van der Waals surface area contributed by atoms with E-state index in [-0.39, 0.29) is 12.1 Å². The van der Waals surface area contributed by atoms with Gasteiger partial charge in [-0.2, -0.15) is 0 Å². The normalized spacial score (nSPS) is 24.4. The lowest BCUT2D eigenvalue weighted by atomic mass is 9.77. The molecular formula is C26H35N5O3S. The second-order valence-electron chi connectivity index (χ2n) is 10.8. The maximum absolute atomic E-state index is 10.2. The smallest absolute Gasteiger partial charge is 0.175 e. The number of nitrogens with zero attached hydrogens (tertiary/aromatic N) is 5. The van der Waals surface area contributed by atoms with Crippen LogP contribution in [0.25, 0.3) is 0 Å². The first-order chi connectivity index (χ1) is 16.9. The first-order valence-electron chi connectivity index (χ1n) is 12.8. The molecule has 4 aliphatic rings. The first-order valence-corrected chi connectivity index (χ1v) is 13.6. The molecule has 0 amide bonds. The van der Waals surface area contributed by atoms with Gasteiger partial charge in [-0.05, 0) is 57.4 Å². The van der Waals surface area contributed by atoms with Gasteiger partial charge in [0.1, 0.15) is 10.7 Å². The molecule has 3 aliphatic heterocycles. The lowest BCUT2D eigenvalue weighted by Gasteiger charge is -2.39. The van der Waals surface area contributed by atoms with E-state index in [4.69, 9.17) is 19.4 Å². The highest BCUT2D eigenvalue weighted by Crippen LogP contribution is 2.51. The highest BCUT2D eigenvalue weighted by Gasteiger charge is 2.49. The summed E-state index contributed by atoms with van der Waals surface area (Å²) < 4.78 is 12.1. The molecule has 5 heterocycles. The SMILES string of the molecule is Cc1nc(N2CCC3(CC2)CO[C@@H](C)C3)c(CO)nc1Sc1ccnc2c1OCCC1(CC1)N2C. The number of piperidine rings is 1. The topological polar surface area (TPSA) is 83.8 Å². The van der Waals surface area contributed by atoms with Gasteiger partial charge in [0.05, 0.1) is 36.5 Å². The fourth-order valence-electron chi connectivity index (χ4n) is 6.01. The van der Waals surface area contributed by atoms with Gasteiger partial charge in [0.2, 0.25) is 0 Å². The minimum absolute atomic E-state index is 0.131. The fourth-order valence-corrected chi connectivity index (χ4v) is 6.94. The largest absolute Gasteiger partial charge is 0.488 e. The van der Waals surface area contributed by atoms with Crippen LogP contribution in [0.5, 0.6) is 5.75 Å². The molecule has 8 nitrogen and oxygen atoms in total. The highest BCUT2D eigenvalue weighted by molar-refractivity contribution is 7.99. The van der Waals surface area contributed by atoms with E-state index < -0.39 is 0 Å². The Bertz CT molecular complexity index is 1120. The van der Waals surface area contributed by atoms with Crippen molar-refractivity contribution >= 4 is 23.4 Å². The average Bonchev–Trinajstić information content (AvgIpc) is 3.59. The molecule has 0 unspecified atom stereocenters. The zero-order chi connectivity index (χ0) is 24.2. The summed E-state index contributed by atoms with van der Waals surface area (Å²) in [6, 6.07) is 1.99. The number of fused-ring (bicyclic) bond motifs is 1. The lowest BCUT2D eigenvalue weighted by Crippen LogP contribution is -2.41. The van der Waals surface area contributed by atoms with Gasteiger partial charge in [-0.15, -0.1) is 0 Å². The monoisotopic (exact) mass is 497 g/mol. The van der Waals surface area contributed by atoms with Crippen molar-refractivity contribution in [2.24, 2.45) is 5.41 Å². The second-order valence-corrected chi connectivity index (χ2v) is 11.8. The predicted molar refractivity (Wildman–Crippen MR) is 135 cm³/mol. The van der Waals surface area contributed by atoms with E-state index in [1.165, 1.54) is 12.8 Å². The molecule has 2 aromatic heterocycles. The Hall–Kier alpha value is -2.10. The Morgan fingerprint density at radius 2 is 1.94 bits per heavy atom. The van der Waals surface area contributed by atoms with Crippen LogP contribution in [0.4, 0.5) is 11.6 Å². The third-order valence-electron chi connectivity index (χ3n) is 8.47. The Labute approximate surface area is 211 Å². The number of aliphatic hydroxyl groups is 1. The molecule has 6 rings (SSSR count). The zero-order valence-electron chi connectivity index (χ0n) is 20.9. The Morgan fingerprint density at radius 1 is 1.14 bits per heavy atom. The maximum atomic E-state index is 10.2. The van der Waals surface area contributed by atoms with Crippen LogP contribution in [-0.2, 0) is 11.3 Å². The number of rotatable bonds is 4. The molecule has 188 valence electrons. The molecule has 3 fully saturated rings. The summed E-state index contributed by atoms with van der Waals surface area (Å²) in [6.45, 7) is 7.45. The van der Waals surface area contributed by atoms with Crippen LogP contribution in [0.15, 0.2) is 22.2 Å². The molecule has 1 N–H and O–H groups in total. The van der Waals surface area contributed by atoms with E-state index in [2.05, 4.69) is 28.8 Å². The quantitative estimate of drug-likeness (QED) is 0.674. The number of aliphatic hydroxyl groups excluding tert-OH is 1. The van der Waals surface area contributed by atoms with E-state index in [9.17, 15) is 5.11 Å². The molecule has 1 saturated carbocycles. The van der Waals surface area contributed by atoms with Crippen molar-refractivity contribution in [3.05, 3.63) is 23.7 Å². The van der Waals surface area contributed by atoms with Crippen LogP contribution in [0, 0.1) is 12.3 Å². The molecule has 1 atom stereocenters. The van der Waals surface area contributed by atoms with Crippen LogP contribution in [0.3, 0.4) is 0 Å². The van der Waals surface area contributed by atoms with Crippen LogP contribution >= 0.6 is 11.8 Å². The summed E-state index contributed by atoms with van der Waals surface area (Å²) in [4.78, 5) is 20.1. The minimum Gasteiger partial charge on any atom is -0.488 e. The number of aryl methyl sites for hydroxylation is 1. The standard InChI is InChI=1S/C26H35N5O3S/c1-17-14-25(16-34-17)7-11-31(12-8-25)22-19(15-32)29-24(18(2)28-22)35-20-4-10-27-23-21(20)33-13-9-26(5-6-26)30(23)3/h4,10,17,32H,5-9,11-16H2,1-3H3/t17-/m0/s1. The van der Waals surface area contributed by atoms with Gasteiger partial charge in [-0.1, -0.05) is 11.8 Å². The fraction of sp³-hybridized carbons (Fsp3) is 0.654. The van der Waals surface area contributed by atoms with Crippen LogP contribution in [-0.4, -0.2) is 65.1 Å². The van der Waals surface area contributed by atoms with Crippen molar-refractivity contribution in [1.29, 1.82) is 0 Å². The molecule has 1 aliphatic carbocycles. The number of aromatic nitrogens is 3. The van der Waals surface area contributed by atoms with Crippen LogP contribution < -0.4 is 14.5 Å². The number of anilines is 2. The maximum Gasteiger partial charge on any atom is 0.175 e. The van der Waals surface area contributed by atoms with Crippen LogP contribution in [0.1, 0.15) is 56.8 Å². The number of pyridine rings is 1. The summed E-state index contributed by atoms with van der Waals surface area (Å²) in [7, 11) is 2.13. The number of hydrogen-bond donors (Lipinski definition) is 1. The Morgan fingerprint density at radius 3 is 2.63 bits per heavy atom. The van der Waals surface area contributed by atoms with Gasteiger partial charge >= 0.3 is 0 Å². The third kappa shape index (κ3) is 4.15.